The first kappa shape index (κ1) is 27.5. The van der Waals surface area contributed by atoms with Gasteiger partial charge in [-0.3, -0.25) is 14.7 Å². The summed E-state index contributed by atoms with van der Waals surface area (Å²) in [4.78, 5) is 42.7. The fourth-order valence-corrected chi connectivity index (χ4v) is 10.8. The molecule has 6 rings (SSSR count). The Labute approximate surface area is 234 Å². The molecule has 38 heavy (non-hydrogen) atoms. The van der Waals surface area contributed by atoms with Crippen LogP contribution in [0.5, 0.6) is 0 Å². The lowest BCUT2D eigenvalue weighted by Crippen LogP contribution is -2.56. The van der Waals surface area contributed by atoms with Gasteiger partial charge in [-0.15, -0.1) is 0 Å². The largest absolute Gasteiger partial charge is 0.608 e. The van der Waals surface area contributed by atoms with Crippen molar-refractivity contribution in [2.45, 2.75) is 56.6 Å². The average Bonchev–Trinajstić information content (AvgIpc) is 3.73. The van der Waals surface area contributed by atoms with Crippen molar-refractivity contribution in [3.8, 4) is 0 Å². The molecule has 6 atom stereocenters. The molecule has 0 N–H and O–H groups in total. The SMILES string of the molecule is O=C(N1CCC(C2CC2C[S+]([O-])C(=O)N2CCCC2)C1)[S+]([O-])CC1CC(C2CN(C(=O)[S+]([O-])C3CC3)C2)C1. The van der Waals surface area contributed by atoms with Crippen molar-refractivity contribution in [2.24, 2.45) is 35.5 Å². The monoisotopic (exact) mass is 585 g/mol. The van der Waals surface area contributed by atoms with Crippen LogP contribution in [0, 0.1) is 35.5 Å². The number of carbonyl (C=O) groups is 3. The van der Waals surface area contributed by atoms with Gasteiger partial charge in [-0.25, -0.2) is 14.4 Å². The molecule has 0 aromatic carbocycles. The molecule has 3 saturated heterocycles. The normalized spacial score (nSPS) is 35.4. The zero-order valence-electron chi connectivity index (χ0n) is 21.9. The molecule has 6 unspecified atom stereocenters. The molecule has 9 nitrogen and oxygen atoms in total. The zero-order valence-corrected chi connectivity index (χ0v) is 24.3. The summed E-state index contributed by atoms with van der Waals surface area (Å²) >= 11 is -4.32. The molecule has 0 aromatic heterocycles. The number of nitrogens with zero attached hydrogens (tertiary/aromatic N) is 3. The molecule has 3 amide bonds. The summed E-state index contributed by atoms with van der Waals surface area (Å²) in [5.74, 6) is 3.17. The summed E-state index contributed by atoms with van der Waals surface area (Å²) in [6, 6.07) is 0. The van der Waals surface area contributed by atoms with Crippen molar-refractivity contribution in [3.63, 3.8) is 0 Å². The van der Waals surface area contributed by atoms with Crippen molar-refractivity contribution < 1.29 is 28.0 Å². The van der Waals surface area contributed by atoms with Crippen LogP contribution in [0.4, 0.5) is 14.4 Å². The molecular weight excluding hydrogens is 547 g/mol. The van der Waals surface area contributed by atoms with Crippen LogP contribution in [0.15, 0.2) is 0 Å². The van der Waals surface area contributed by atoms with Crippen LogP contribution < -0.4 is 0 Å². The summed E-state index contributed by atoms with van der Waals surface area (Å²) < 4.78 is 37.4. The predicted octanol–water partition coefficient (Wildman–Crippen LogP) is 2.77. The molecular formula is C26H39N3O6S3. The lowest BCUT2D eigenvalue weighted by molar-refractivity contribution is 0.0359. The molecule has 12 heteroatoms. The number of carbonyl (C=O) groups excluding carboxylic acids is 3. The maximum absolute atomic E-state index is 12.9. The Balaban J connectivity index is 0.866. The van der Waals surface area contributed by atoms with Gasteiger partial charge in [-0.05, 0) is 62.2 Å². The summed E-state index contributed by atoms with van der Waals surface area (Å²) in [6.07, 6.45) is 7.57. The fourth-order valence-electron chi connectivity index (χ4n) is 6.90. The van der Waals surface area contributed by atoms with Gasteiger partial charge in [-0.2, -0.15) is 0 Å². The van der Waals surface area contributed by atoms with Gasteiger partial charge >= 0.3 is 15.7 Å². The van der Waals surface area contributed by atoms with Crippen LogP contribution in [0.1, 0.15) is 51.4 Å². The van der Waals surface area contributed by atoms with Gasteiger partial charge in [0.1, 0.15) is 16.8 Å². The van der Waals surface area contributed by atoms with Gasteiger partial charge < -0.3 is 13.7 Å². The summed E-state index contributed by atoms with van der Waals surface area (Å²) in [5.41, 5.74) is 0. The van der Waals surface area contributed by atoms with Crippen molar-refractivity contribution >= 4 is 49.2 Å². The van der Waals surface area contributed by atoms with E-state index >= 15 is 0 Å². The topological polar surface area (TPSA) is 130 Å². The highest BCUT2D eigenvalue weighted by atomic mass is 32.2. The van der Waals surface area contributed by atoms with Crippen LogP contribution in [-0.2, 0) is 33.5 Å². The molecule has 3 saturated carbocycles. The highest BCUT2D eigenvalue weighted by molar-refractivity contribution is 8.06. The van der Waals surface area contributed by atoms with Crippen LogP contribution in [-0.4, -0.2) is 100 Å². The third-order valence-electron chi connectivity index (χ3n) is 9.68. The van der Waals surface area contributed by atoms with E-state index in [1.165, 1.54) is 0 Å². The maximum Gasteiger partial charge on any atom is 0.429 e. The standard InChI is InChI=1S/C26H39N3O6S3/c30-24(27-6-1-2-7-27)37(34)16-20-11-23(20)18-5-8-28(12-18)25(31)36(33)15-17-9-19(10-17)21-13-29(14-21)26(32)38(35)22-3-4-22/h17-23H,1-16H2. The molecule has 6 fully saturated rings. The minimum atomic E-state index is -1.51. The van der Waals surface area contributed by atoms with Crippen LogP contribution >= 0.6 is 0 Å². The lowest BCUT2D eigenvalue weighted by atomic mass is 9.67. The van der Waals surface area contributed by atoms with Crippen molar-refractivity contribution in [3.05, 3.63) is 0 Å². The first-order valence-corrected chi connectivity index (χ1v) is 18.2. The Bertz CT molecular complexity index is 922. The van der Waals surface area contributed by atoms with E-state index in [1.807, 2.05) is 0 Å². The second-order valence-corrected chi connectivity index (χ2v) is 16.8. The number of hydrogen-bond acceptors (Lipinski definition) is 6. The predicted molar refractivity (Wildman–Crippen MR) is 147 cm³/mol. The van der Waals surface area contributed by atoms with Gasteiger partial charge in [0.15, 0.2) is 0 Å². The number of rotatable bonds is 7. The van der Waals surface area contributed by atoms with Crippen molar-refractivity contribution in [1.82, 2.24) is 14.7 Å². The van der Waals surface area contributed by atoms with E-state index in [2.05, 4.69) is 0 Å². The second-order valence-electron chi connectivity index (χ2n) is 12.4. The van der Waals surface area contributed by atoms with Crippen LogP contribution in [0.25, 0.3) is 0 Å². The average molecular weight is 586 g/mol. The third kappa shape index (κ3) is 5.86. The minimum absolute atomic E-state index is 0.0829. The second kappa shape index (κ2) is 11.3. The molecule has 0 bridgehead atoms. The smallest absolute Gasteiger partial charge is 0.429 e. The Morgan fingerprint density at radius 1 is 0.658 bits per heavy atom. The molecule has 3 aliphatic carbocycles. The quantitative estimate of drug-likeness (QED) is 0.423. The minimum Gasteiger partial charge on any atom is -0.608 e. The number of hydrogen-bond donors (Lipinski definition) is 0. The van der Waals surface area contributed by atoms with Crippen molar-refractivity contribution in [1.29, 1.82) is 0 Å². The maximum atomic E-state index is 12.9. The molecule has 212 valence electrons. The van der Waals surface area contributed by atoms with E-state index in [0.717, 1.165) is 64.5 Å². The van der Waals surface area contributed by atoms with Crippen LogP contribution in [0.2, 0.25) is 0 Å². The van der Waals surface area contributed by atoms with Gasteiger partial charge in [0, 0.05) is 97.5 Å². The summed E-state index contributed by atoms with van der Waals surface area (Å²) in [7, 11) is 0. The molecule has 6 aliphatic rings. The van der Waals surface area contributed by atoms with E-state index in [1.54, 1.807) is 14.7 Å². The van der Waals surface area contributed by atoms with E-state index in [-0.39, 0.29) is 21.0 Å². The Morgan fingerprint density at radius 3 is 1.97 bits per heavy atom. The Kier molecular flexibility index (Phi) is 8.19. The van der Waals surface area contributed by atoms with Gasteiger partial charge in [0.2, 0.25) is 0 Å². The molecule has 0 spiro atoms. The third-order valence-corrected chi connectivity index (χ3v) is 14.2. The fraction of sp³-hybridized carbons (Fsp3) is 0.885. The van der Waals surface area contributed by atoms with E-state index in [4.69, 9.17) is 0 Å². The Morgan fingerprint density at radius 2 is 1.29 bits per heavy atom. The number of likely N-dealkylation sites (tertiary alicyclic amines) is 3. The van der Waals surface area contributed by atoms with Gasteiger partial charge in [0.05, 0.1) is 0 Å². The highest BCUT2D eigenvalue weighted by Crippen LogP contribution is 2.49. The molecule has 0 radical (unpaired) electrons. The van der Waals surface area contributed by atoms with Crippen molar-refractivity contribution in [2.75, 3.05) is 50.8 Å². The molecule has 0 aromatic rings. The van der Waals surface area contributed by atoms with Gasteiger partial charge in [0.25, 0.3) is 0 Å². The lowest BCUT2D eigenvalue weighted by Gasteiger charge is -2.48. The first-order valence-electron chi connectivity index (χ1n) is 14.3. The van der Waals surface area contributed by atoms with E-state index < -0.39 is 33.5 Å². The van der Waals surface area contributed by atoms with E-state index in [0.29, 0.717) is 73.2 Å². The van der Waals surface area contributed by atoms with Gasteiger partial charge in [-0.1, -0.05) is 0 Å². The Hall–Kier alpha value is -0.660. The highest BCUT2D eigenvalue weighted by Gasteiger charge is 2.51. The van der Waals surface area contributed by atoms with E-state index in [9.17, 15) is 28.0 Å². The molecule has 3 heterocycles. The summed E-state index contributed by atoms with van der Waals surface area (Å²) in [5, 5.41) is -0.571. The number of amides is 3. The summed E-state index contributed by atoms with van der Waals surface area (Å²) in [6.45, 7) is 4.08. The zero-order chi connectivity index (χ0) is 26.6. The first-order chi connectivity index (χ1) is 18.3. The molecule has 3 aliphatic heterocycles. The van der Waals surface area contributed by atoms with Crippen LogP contribution in [0.3, 0.4) is 0 Å².